The second-order valence-corrected chi connectivity index (χ2v) is 8.27. The number of para-hydroxylation sites is 3. The molecule has 0 bridgehead atoms. The highest BCUT2D eigenvalue weighted by molar-refractivity contribution is 6.30. The van der Waals surface area contributed by atoms with Gasteiger partial charge in [-0.15, -0.1) is 11.6 Å². The van der Waals surface area contributed by atoms with E-state index in [9.17, 15) is 4.79 Å². The van der Waals surface area contributed by atoms with Gasteiger partial charge in [0.05, 0.1) is 11.0 Å². The Bertz CT molecular complexity index is 963. The number of aromatic nitrogens is 2. The monoisotopic (exact) mass is 411 g/mol. The lowest BCUT2D eigenvalue weighted by Gasteiger charge is -2.33. The van der Waals surface area contributed by atoms with Crippen LogP contribution in [0.4, 0.5) is 0 Å². The number of likely N-dealkylation sites (tertiary alicyclic amines) is 1. The molecule has 1 amide bonds. The predicted octanol–water partition coefficient (Wildman–Crippen LogP) is 4.48. The topological polar surface area (TPSA) is 47.4 Å². The van der Waals surface area contributed by atoms with Gasteiger partial charge in [-0.3, -0.25) is 4.79 Å². The molecule has 0 radical (unpaired) electrons. The fraction of sp³-hybridized carbons (Fsp3) is 0.391. The normalized spacial score (nSPS) is 16.1. The maximum absolute atomic E-state index is 12.1. The molecule has 2 heterocycles. The summed E-state index contributed by atoms with van der Waals surface area (Å²) in [5.41, 5.74) is 2.12. The summed E-state index contributed by atoms with van der Waals surface area (Å²) in [6, 6.07) is 18.0. The van der Waals surface area contributed by atoms with Crippen LogP contribution in [0.5, 0.6) is 5.75 Å². The summed E-state index contributed by atoms with van der Waals surface area (Å²) < 4.78 is 8.26. The molecule has 0 aliphatic carbocycles. The van der Waals surface area contributed by atoms with E-state index < -0.39 is 5.38 Å². The molecule has 1 saturated heterocycles. The molecule has 1 atom stereocenters. The van der Waals surface area contributed by atoms with Crippen LogP contribution in [0.2, 0.25) is 0 Å². The zero-order chi connectivity index (χ0) is 20.2. The molecule has 1 aliphatic rings. The number of alkyl halides is 1. The number of amides is 1. The molecule has 29 heavy (non-hydrogen) atoms. The van der Waals surface area contributed by atoms with E-state index in [0.717, 1.165) is 55.1 Å². The Kier molecular flexibility index (Phi) is 6.05. The summed E-state index contributed by atoms with van der Waals surface area (Å²) in [6.45, 7) is 4.59. The number of piperidine rings is 1. The maximum atomic E-state index is 12.1. The first-order valence-corrected chi connectivity index (χ1v) is 10.6. The summed E-state index contributed by atoms with van der Waals surface area (Å²) in [4.78, 5) is 18.8. The van der Waals surface area contributed by atoms with Gasteiger partial charge in [0.15, 0.2) is 0 Å². The van der Waals surface area contributed by atoms with Gasteiger partial charge in [-0.1, -0.05) is 30.3 Å². The highest BCUT2D eigenvalue weighted by Crippen LogP contribution is 2.25. The van der Waals surface area contributed by atoms with Crippen molar-refractivity contribution < 1.29 is 9.53 Å². The van der Waals surface area contributed by atoms with Crippen LogP contribution in [0.25, 0.3) is 11.0 Å². The molecule has 2 aromatic carbocycles. The van der Waals surface area contributed by atoms with Crippen molar-refractivity contribution in [2.75, 3.05) is 13.1 Å². The number of ether oxygens (including phenoxy) is 1. The van der Waals surface area contributed by atoms with Gasteiger partial charge in [-0.05, 0) is 49.9 Å². The zero-order valence-electron chi connectivity index (χ0n) is 16.6. The van der Waals surface area contributed by atoms with E-state index in [1.807, 2.05) is 53.4 Å². The highest BCUT2D eigenvalue weighted by Gasteiger charge is 2.26. The van der Waals surface area contributed by atoms with E-state index in [0.29, 0.717) is 12.5 Å². The van der Waals surface area contributed by atoms with Crippen molar-refractivity contribution in [3.8, 4) is 5.75 Å². The van der Waals surface area contributed by atoms with E-state index in [-0.39, 0.29) is 5.91 Å². The Morgan fingerprint density at radius 1 is 1.14 bits per heavy atom. The first-order chi connectivity index (χ1) is 14.1. The number of fused-ring (bicyclic) bond motifs is 1. The van der Waals surface area contributed by atoms with Crippen LogP contribution in [0.3, 0.4) is 0 Å². The van der Waals surface area contributed by atoms with Crippen molar-refractivity contribution in [1.29, 1.82) is 0 Å². The summed E-state index contributed by atoms with van der Waals surface area (Å²) in [6.07, 6.45) is 1.95. The minimum atomic E-state index is -0.453. The summed E-state index contributed by atoms with van der Waals surface area (Å²) in [7, 11) is 0. The lowest BCUT2D eigenvalue weighted by Crippen LogP contribution is -2.42. The van der Waals surface area contributed by atoms with Crippen molar-refractivity contribution in [2.24, 2.45) is 5.92 Å². The molecule has 1 fully saturated rings. The second kappa shape index (κ2) is 8.87. The van der Waals surface area contributed by atoms with Gasteiger partial charge in [0, 0.05) is 19.6 Å². The van der Waals surface area contributed by atoms with Gasteiger partial charge >= 0.3 is 0 Å². The molecule has 3 aromatic rings. The van der Waals surface area contributed by atoms with E-state index in [2.05, 4.69) is 10.6 Å². The van der Waals surface area contributed by atoms with Crippen molar-refractivity contribution >= 4 is 28.5 Å². The molecule has 152 valence electrons. The van der Waals surface area contributed by atoms with Crippen LogP contribution in [-0.2, 0) is 17.9 Å². The Morgan fingerprint density at radius 3 is 2.55 bits per heavy atom. The Morgan fingerprint density at radius 2 is 1.83 bits per heavy atom. The van der Waals surface area contributed by atoms with Crippen LogP contribution in [0, 0.1) is 5.92 Å². The largest absolute Gasteiger partial charge is 0.486 e. The Balaban J connectivity index is 1.48. The van der Waals surface area contributed by atoms with Gasteiger partial charge in [-0.2, -0.15) is 0 Å². The van der Waals surface area contributed by atoms with Crippen LogP contribution in [0.15, 0.2) is 54.6 Å². The average molecular weight is 412 g/mol. The van der Waals surface area contributed by atoms with Gasteiger partial charge in [0.1, 0.15) is 23.6 Å². The maximum Gasteiger partial charge on any atom is 0.240 e. The van der Waals surface area contributed by atoms with Crippen molar-refractivity contribution in [3.63, 3.8) is 0 Å². The minimum Gasteiger partial charge on any atom is -0.486 e. The van der Waals surface area contributed by atoms with Crippen LogP contribution in [0.1, 0.15) is 25.6 Å². The number of carbonyl (C=O) groups is 1. The van der Waals surface area contributed by atoms with E-state index in [4.69, 9.17) is 21.3 Å². The quantitative estimate of drug-likeness (QED) is 0.562. The van der Waals surface area contributed by atoms with Gasteiger partial charge in [-0.25, -0.2) is 4.98 Å². The van der Waals surface area contributed by atoms with Gasteiger partial charge in [0.2, 0.25) is 5.91 Å². The zero-order valence-corrected chi connectivity index (χ0v) is 17.4. The molecule has 6 heteroatoms. The predicted molar refractivity (Wildman–Crippen MR) is 115 cm³/mol. The van der Waals surface area contributed by atoms with Gasteiger partial charge < -0.3 is 14.2 Å². The number of carbonyl (C=O) groups excluding carboxylic acids is 1. The summed E-state index contributed by atoms with van der Waals surface area (Å²) in [5.74, 6) is 2.31. The molecular weight excluding hydrogens is 386 g/mol. The lowest BCUT2D eigenvalue weighted by atomic mass is 9.96. The number of imidazole rings is 1. The number of halogens is 1. The SMILES string of the molecule is CC(Cl)C(=O)N1CCC(Cn2c(COc3ccccc3)nc3ccccc32)CC1. The third-order valence-corrected chi connectivity index (χ3v) is 5.74. The van der Waals surface area contributed by atoms with Crippen molar-refractivity contribution in [1.82, 2.24) is 14.5 Å². The standard InChI is InChI=1S/C23H26ClN3O2/c1-17(24)23(28)26-13-11-18(12-14-26)15-27-21-10-6-5-9-20(21)25-22(27)16-29-19-7-3-2-4-8-19/h2-10,17-18H,11-16H2,1H3. The molecule has 1 unspecified atom stereocenters. The van der Waals surface area contributed by atoms with E-state index in [1.54, 1.807) is 6.92 Å². The fourth-order valence-electron chi connectivity index (χ4n) is 3.95. The minimum absolute atomic E-state index is 0.0372. The first-order valence-electron chi connectivity index (χ1n) is 10.2. The smallest absolute Gasteiger partial charge is 0.240 e. The number of hydrogen-bond acceptors (Lipinski definition) is 3. The number of hydrogen-bond donors (Lipinski definition) is 0. The Labute approximate surface area is 176 Å². The van der Waals surface area contributed by atoms with Crippen LogP contribution < -0.4 is 4.74 Å². The highest BCUT2D eigenvalue weighted by atomic mass is 35.5. The fourth-order valence-corrected chi connectivity index (χ4v) is 4.09. The first kappa shape index (κ1) is 19.8. The average Bonchev–Trinajstić information content (AvgIpc) is 3.10. The molecule has 4 rings (SSSR count). The molecule has 0 saturated carbocycles. The van der Waals surface area contributed by atoms with E-state index >= 15 is 0 Å². The Hall–Kier alpha value is -2.53. The van der Waals surface area contributed by atoms with Crippen molar-refractivity contribution in [3.05, 3.63) is 60.4 Å². The van der Waals surface area contributed by atoms with Crippen LogP contribution in [-0.4, -0.2) is 38.8 Å². The number of nitrogens with zero attached hydrogens (tertiary/aromatic N) is 3. The third-order valence-electron chi connectivity index (χ3n) is 5.55. The lowest BCUT2D eigenvalue weighted by molar-refractivity contribution is -0.131. The molecule has 1 aliphatic heterocycles. The van der Waals surface area contributed by atoms with Crippen LogP contribution >= 0.6 is 11.6 Å². The number of benzene rings is 2. The molecular formula is C23H26ClN3O2. The van der Waals surface area contributed by atoms with Crippen molar-refractivity contribution in [2.45, 2.75) is 38.3 Å². The van der Waals surface area contributed by atoms with Gasteiger partial charge in [0.25, 0.3) is 0 Å². The molecule has 5 nitrogen and oxygen atoms in total. The third kappa shape index (κ3) is 4.56. The number of rotatable bonds is 6. The molecule has 0 N–H and O–H groups in total. The summed E-state index contributed by atoms with van der Waals surface area (Å²) in [5, 5.41) is -0.453. The van der Waals surface area contributed by atoms with E-state index in [1.165, 1.54) is 0 Å². The molecule has 1 aromatic heterocycles. The molecule has 0 spiro atoms. The summed E-state index contributed by atoms with van der Waals surface area (Å²) >= 11 is 5.97. The second-order valence-electron chi connectivity index (χ2n) is 7.61.